The molecule has 1 aromatic heterocycles. The zero-order chi connectivity index (χ0) is 14.5. The molecule has 0 aliphatic carbocycles. The third-order valence-electron chi connectivity index (χ3n) is 2.95. The Kier molecular flexibility index (Phi) is 6.17. The first-order chi connectivity index (χ1) is 9.61. The number of carboxylic acids is 1. The summed E-state index contributed by atoms with van der Waals surface area (Å²) in [5, 5.41) is 16.4. The largest absolute Gasteiger partial charge is 0.478 e. The number of carbonyl (C=O) groups is 1. The second-order valence-corrected chi connectivity index (χ2v) is 4.43. The summed E-state index contributed by atoms with van der Waals surface area (Å²) in [6.07, 6.45) is 1.75. The molecule has 0 unspecified atom stereocenters. The van der Waals surface area contributed by atoms with Gasteiger partial charge >= 0.3 is 5.97 Å². The van der Waals surface area contributed by atoms with E-state index in [0.29, 0.717) is 17.9 Å². The van der Waals surface area contributed by atoms with E-state index in [2.05, 4.69) is 10.4 Å². The average Bonchev–Trinajstić information content (AvgIpc) is 2.77. The number of carboxylic acid groups (broad SMARTS) is 1. The second-order valence-electron chi connectivity index (χ2n) is 4.43. The van der Waals surface area contributed by atoms with Crippen LogP contribution in [0.4, 0.5) is 10.2 Å². The van der Waals surface area contributed by atoms with Crippen LogP contribution in [0.3, 0.4) is 0 Å². The van der Waals surface area contributed by atoms with Gasteiger partial charge in [-0.1, -0.05) is 18.2 Å². The fourth-order valence-corrected chi connectivity index (χ4v) is 1.96. The number of hydrogen-bond donors (Lipinski definition) is 2. The Balaban J connectivity index is 0.00000220. The summed E-state index contributed by atoms with van der Waals surface area (Å²) in [7, 11) is 0. The normalized spacial score (nSPS) is 10.0. The highest BCUT2D eigenvalue weighted by atomic mass is 35.5. The number of anilines is 1. The Labute approximate surface area is 128 Å². The highest BCUT2D eigenvalue weighted by molar-refractivity contribution is 5.89. The van der Waals surface area contributed by atoms with Crippen LogP contribution in [0.1, 0.15) is 21.5 Å². The number of nitrogens with zero attached hydrogens (tertiary/aromatic N) is 2. The van der Waals surface area contributed by atoms with Crippen molar-refractivity contribution in [3.05, 3.63) is 47.2 Å². The molecule has 2 N–H and O–H groups in total. The number of alkyl halides is 1. The maximum atomic E-state index is 12.3. The minimum absolute atomic E-state index is 0. The molecule has 2 aromatic rings. The number of halogens is 2. The fraction of sp³-hybridized carbons (Fsp3) is 0.286. The van der Waals surface area contributed by atoms with Crippen molar-refractivity contribution in [1.29, 1.82) is 0 Å². The molecule has 5 nitrogen and oxygen atoms in total. The lowest BCUT2D eigenvalue weighted by Gasteiger charge is -2.07. The Bertz CT molecular complexity index is 616. The summed E-state index contributed by atoms with van der Waals surface area (Å²) in [4.78, 5) is 11.1. The zero-order valence-electron chi connectivity index (χ0n) is 11.5. The summed E-state index contributed by atoms with van der Waals surface area (Å²) in [5.74, 6) is -0.319. The van der Waals surface area contributed by atoms with Gasteiger partial charge in [0.15, 0.2) is 5.82 Å². The van der Waals surface area contributed by atoms with Gasteiger partial charge in [-0.25, -0.2) is 9.18 Å². The van der Waals surface area contributed by atoms with E-state index in [1.54, 1.807) is 30.5 Å². The van der Waals surface area contributed by atoms with Gasteiger partial charge in [0.25, 0.3) is 0 Å². The first-order valence-corrected chi connectivity index (χ1v) is 6.27. The van der Waals surface area contributed by atoms with E-state index in [-0.39, 0.29) is 24.5 Å². The van der Waals surface area contributed by atoms with E-state index < -0.39 is 12.6 Å². The molecule has 0 amide bonds. The molecule has 1 aromatic carbocycles. The molecular formula is C14H17ClFN3O2. The van der Waals surface area contributed by atoms with Gasteiger partial charge in [-0.2, -0.15) is 5.10 Å². The van der Waals surface area contributed by atoms with Gasteiger partial charge in [0.05, 0.1) is 12.1 Å². The number of aromatic carboxylic acids is 1. The molecule has 0 atom stereocenters. The molecule has 1 heterocycles. The molecule has 21 heavy (non-hydrogen) atoms. The Hall–Kier alpha value is -2.08. The van der Waals surface area contributed by atoms with E-state index in [1.807, 2.05) is 6.92 Å². The number of aromatic nitrogens is 2. The molecule has 0 aliphatic heterocycles. The highest BCUT2D eigenvalue weighted by Gasteiger charge is 2.10. The van der Waals surface area contributed by atoms with Crippen molar-refractivity contribution >= 4 is 24.2 Å². The van der Waals surface area contributed by atoms with Crippen LogP contribution in [0.15, 0.2) is 30.5 Å². The predicted molar refractivity (Wildman–Crippen MR) is 80.9 cm³/mol. The van der Waals surface area contributed by atoms with E-state index in [4.69, 9.17) is 5.11 Å². The van der Waals surface area contributed by atoms with E-state index in [9.17, 15) is 9.18 Å². The standard InChI is InChI=1S/C14H16FN3O2.ClH/c1-10-9-18(7-6-15)17-13(10)16-8-11-4-2-3-5-12(11)14(19)20;/h2-5,9H,6-8H2,1H3,(H,16,17)(H,19,20);1H. The van der Waals surface area contributed by atoms with Gasteiger partial charge in [0, 0.05) is 18.3 Å². The van der Waals surface area contributed by atoms with Crippen LogP contribution < -0.4 is 5.32 Å². The lowest BCUT2D eigenvalue weighted by Crippen LogP contribution is -2.08. The number of benzene rings is 1. The van der Waals surface area contributed by atoms with Crippen molar-refractivity contribution in [2.45, 2.75) is 20.0 Å². The van der Waals surface area contributed by atoms with Crippen LogP contribution in [-0.2, 0) is 13.1 Å². The van der Waals surface area contributed by atoms with Crippen molar-refractivity contribution < 1.29 is 14.3 Å². The summed E-state index contributed by atoms with van der Waals surface area (Å²) in [6, 6.07) is 6.80. The maximum absolute atomic E-state index is 12.3. The van der Waals surface area contributed by atoms with Gasteiger partial charge in [-0.3, -0.25) is 4.68 Å². The number of nitrogens with one attached hydrogen (secondary N) is 1. The van der Waals surface area contributed by atoms with Crippen LogP contribution in [0.2, 0.25) is 0 Å². The van der Waals surface area contributed by atoms with Crippen molar-refractivity contribution in [2.75, 3.05) is 12.0 Å². The maximum Gasteiger partial charge on any atom is 0.336 e. The topological polar surface area (TPSA) is 67.2 Å². The second kappa shape index (κ2) is 7.64. The molecule has 0 saturated carbocycles. The summed E-state index contributed by atoms with van der Waals surface area (Å²) in [5.41, 5.74) is 1.84. The summed E-state index contributed by atoms with van der Waals surface area (Å²) < 4.78 is 13.8. The van der Waals surface area contributed by atoms with Crippen LogP contribution in [0, 0.1) is 6.92 Å². The number of aryl methyl sites for hydroxylation is 2. The van der Waals surface area contributed by atoms with Gasteiger partial charge in [-0.15, -0.1) is 12.4 Å². The van der Waals surface area contributed by atoms with Gasteiger partial charge < -0.3 is 10.4 Å². The molecule has 0 bridgehead atoms. The molecule has 0 spiro atoms. The SMILES string of the molecule is Cc1cn(CCF)nc1NCc1ccccc1C(=O)O.Cl. The van der Waals surface area contributed by atoms with E-state index in [1.165, 1.54) is 4.68 Å². The Morgan fingerprint density at radius 3 is 2.81 bits per heavy atom. The molecule has 0 fully saturated rings. The first-order valence-electron chi connectivity index (χ1n) is 6.27. The monoisotopic (exact) mass is 313 g/mol. The number of hydrogen-bond acceptors (Lipinski definition) is 3. The molecule has 0 aliphatic rings. The smallest absolute Gasteiger partial charge is 0.336 e. The van der Waals surface area contributed by atoms with Crippen LogP contribution in [-0.4, -0.2) is 27.5 Å². The van der Waals surface area contributed by atoms with Crippen LogP contribution in [0.5, 0.6) is 0 Å². The van der Waals surface area contributed by atoms with E-state index in [0.717, 1.165) is 5.56 Å². The van der Waals surface area contributed by atoms with Gasteiger partial charge in [0.1, 0.15) is 6.67 Å². The van der Waals surface area contributed by atoms with Crippen LogP contribution >= 0.6 is 12.4 Å². The van der Waals surface area contributed by atoms with Gasteiger partial charge in [0.2, 0.25) is 0 Å². The minimum atomic E-state index is -0.956. The Morgan fingerprint density at radius 1 is 1.43 bits per heavy atom. The van der Waals surface area contributed by atoms with Crippen LogP contribution in [0.25, 0.3) is 0 Å². The van der Waals surface area contributed by atoms with Crippen molar-refractivity contribution in [3.63, 3.8) is 0 Å². The first kappa shape index (κ1) is 17.0. The molecular weight excluding hydrogens is 297 g/mol. The summed E-state index contributed by atoms with van der Waals surface area (Å²) in [6.45, 7) is 1.97. The molecule has 0 saturated heterocycles. The Morgan fingerprint density at radius 2 is 2.14 bits per heavy atom. The average molecular weight is 314 g/mol. The highest BCUT2D eigenvalue weighted by Crippen LogP contribution is 2.15. The third-order valence-corrected chi connectivity index (χ3v) is 2.95. The van der Waals surface area contributed by atoms with Crippen molar-refractivity contribution in [1.82, 2.24) is 9.78 Å². The fourth-order valence-electron chi connectivity index (χ4n) is 1.96. The molecule has 114 valence electrons. The van der Waals surface area contributed by atoms with Crippen molar-refractivity contribution in [2.24, 2.45) is 0 Å². The quantitative estimate of drug-likeness (QED) is 0.860. The zero-order valence-corrected chi connectivity index (χ0v) is 12.4. The molecule has 2 rings (SSSR count). The molecule has 7 heteroatoms. The minimum Gasteiger partial charge on any atom is -0.478 e. The van der Waals surface area contributed by atoms with Crippen molar-refractivity contribution in [3.8, 4) is 0 Å². The number of rotatable bonds is 6. The van der Waals surface area contributed by atoms with Gasteiger partial charge in [-0.05, 0) is 18.6 Å². The third kappa shape index (κ3) is 4.19. The predicted octanol–water partition coefficient (Wildman–Crippen LogP) is 2.89. The lowest BCUT2D eigenvalue weighted by atomic mass is 10.1. The molecule has 0 radical (unpaired) electrons. The van der Waals surface area contributed by atoms with E-state index >= 15 is 0 Å². The summed E-state index contributed by atoms with van der Waals surface area (Å²) >= 11 is 0. The lowest BCUT2D eigenvalue weighted by molar-refractivity contribution is 0.0696.